The van der Waals surface area contributed by atoms with Crippen LogP contribution in [0.3, 0.4) is 0 Å². The summed E-state index contributed by atoms with van der Waals surface area (Å²) in [5.74, 6) is 0. The fourth-order valence-corrected chi connectivity index (χ4v) is 2.06. The zero-order valence-electron chi connectivity index (χ0n) is 5.44. The van der Waals surface area contributed by atoms with E-state index in [4.69, 9.17) is 10.0 Å². The minimum absolute atomic E-state index is 0.601. The molecule has 1 heterocycles. The monoisotopic (exact) mass is 174 g/mol. The fourth-order valence-electron chi connectivity index (χ4n) is 0.577. The van der Waals surface area contributed by atoms with Crippen LogP contribution in [0.4, 0.5) is 0 Å². The van der Waals surface area contributed by atoms with Crippen molar-refractivity contribution in [3.63, 3.8) is 0 Å². The van der Waals surface area contributed by atoms with Crippen LogP contribution in [0.5, 0.6) is 0 Å². The molecular formula is C5H7BO2S2. The molecule has 54 valence electrons. The molecule has 2 N–H and O–H groups in total. The van der Waals surface area contributed by atoms with Gasteiger partial charge < -0.3 is 10.0 Å². The molecule has 0 spiro atoms. The Morgan fingerprint density at radius 3 is 2.60 bits per heavy atom. The summed E-state index contributed by atoms with van der Waals surface area (Å²) in [5, 5.41) is 19.3. The summed E-state index contributed by atoms with van der Waals surface area (Å²) >= 11 is 2.96. The van der Waals surface area contributed by atoms with Crippen LogP contribution in [-0.4, -0.2) is 23.4 Å². The second kappa shape index (κ2) is 3.43. The molecule has 0 saturated heterocycles. The van der Waals surface area contributed by atoms with E-state index in [1.165, 1.54) is 11.3 Å². The van der Waals surface area contributed by atoms with Gasteiger partial charge in [-0.25, -0.2) is 0 Å². The molecule has 0 radical (unpaired) electrons. The highest BCUT2D eigenvalue weighted by molar-refractivity contribution is 7.98. The van der Waals surface area contributed by atoms with E-state index in [9.17, 15) is 0 Å². The van der Waals surface area contributed by atoms with E-state index < -0.39 is 7.12 Å². The first-order valence-electron chi connectivity index (χ1n) is 2.72. The Kier molecular flexibility index (Phi) is 2.79. The van der Waals surface area contributed by atoms with E-state index in [-0.39, 0.29) is 0 Å². The van der Waals surface area contributed by atoms with E-state index in [0.29, 0.717) is 4.78 Å². The molecule has 1 rings (SSSR count). The first-order chi connectivity index (χ1) is 4.74. The summed E-state index contributed by atoms with van der Waals surface area (Å²) in [6.45, 7) is 0. The topological polar surface area (TPSA) is 40.5 Å². The van der Waals surface area contributed by atoms with Gasteiger partial charge in [-0.1, -0.05) is 0 Å². The average Bonchev–Trinajstić information content (AvgIpc) is 2.34. The third-order valence-corrected chi connectivity index (χ3v) is 2.91. The second-order valence-electron chi connectivity index (χ2n) is 1.76. The van der Waals surface area contributed by atoms with Gasteiger partial charge in [0.25, 0.3) is 0 Å². The Hall–Kier alpha value is 0.0349. The summed E-state index contributed by atoms with van der Waals surface area (Å²) in [5.41, 5.74) is 0. The number of hydrogen-bond donors (Lipinski definition) is 2. The van der Waals surface area contributed by atoms with Gasteiger partial charge in [-0.15, -0.1) is 11.8 Å². The zero-order valence-corrected chi connectivity index (χ0v) is 7.08. The van der Waals surface area contributed by atoms with E-state index in [0.717, 1.165) is 4.90 Å². The number of thioether (sulfide) groups is 1. The summed E-state index contributed by atoms with van der Waals surface area (Å²) in [4.78, 5) is 1.08. The molecule has 0 fully saturated rings. The summed E-state index contributed by atoms with van der Waals surface area (Å²) in [6, 6.07) is 1.78. The van der Waals surface area contributed by atoms with Gasteiger partial charge in [-0.2, -0.15) is 11.3 Å². The van der Waals surface area contributed by atoms with Crippen molar-refractivity contribution in [3.8, 4) is 0 Å². The van der Waals surface area contributed by atoms with Gasteiger partial charge in [-0.3, -0.25) is 0 Å². The van der Waals surface area contributed by atoms with Crippen molar-refractivity contribution >= 4 is 35.0 Å². The predicted octanol–water partition coefficient (Wildman–Crippen LogP) is 0.150. The van der Waals surface area contributed by atoms with E-state index >= 15 is 0 Å². The average molecular weight is 174 g/mol. The first kappa shape index (κ1) is 8.13. The standard InChI is InChI=1S/C5H7BO2S2/c1-9-4-2-5(6(7)8)10-3-4/h2-3,7-8H,1H3. The van der Waals surface area contributed by atoms with E-state index in [1.807, 2.05) is 11.6 Å². The van der Waals surface area contributed by atoms with Gasteiger partial charge in [0, 0.05) is 15.1 Å². The summed E-state index contributed by atoms with van der Waals surface area (Å²) in [7, 11) is -1.31. The van der Waals surface area contributed by atoms with Crippen molar-refractivity contribution in [1.29, 1.82) is 0 Å². The minimum Gasteiger partial charge on any atom is -0.423 e. The Morgan fingerprint density at radius 2 is 2.30 bits per heavy atom. The molecule has 10 heavy (non-hydrogen) atoms. The highest BCUT2D eigenvalue weighted by atomic mass is 32.2. The first-order valence-corrected chi connectivity index (χ1v) is 4.83. The van der Waals surface area contributed by atoms with Gasteiger partial charge in [-0.05, 0) is 12.3 Å². The largest absolute Gasteiger partial charge is 0.499 e. The van der Waals surface area contributed by atoms with Gasteiger partial charge >= 0.3 is 7.12 Å². The molecule has 0 amide bonds. The van der Waals surface area contributed by atoms with Crippen molar-refractivity contribution in [2.45, 2.75) is 4.90 Å². The maximum Gasteiger partial charge on any atom is 0.499 e. The van der Waals surface area contributed by atoms with Gasteiger partial charge in [0.1, 0.15) is 0 Å². The Balaban J connectivity index is 2.78. The molecule has 0 unspecified atom stereocenters. The van der Waals surface area contributed by atoms with Crippen LogP contribution >= 0.6 is 23.1 Å². The Morgan fingerprint density at radius 1 is 1.60 bits per heavy atom. The lowest BCUT2D eigenvalue weighted by Crippen LogP contribution is -2.26. The Labute approximate surface area is 68.0 Å². The Bertz CT molecular complexity index is 211. The fraction of sp³-hybridized carbons (Fsp3) is 0.200. The third kappa shape index (κ3) is 1.76. The van der Waals surface area contributed by atoms with Crippen LogP contribution < -0.4 is 4.78 Å². The highest BCUT2D eigenvalue weighted by Gasteiger charge is 2.12. The maximum atomic E-state index is 8.69. The molecule has 0 atom stereocenters. The molecule has 2 nitrogen and oxygen atoms in total. The van der Waals surface area contributed by atoms with Crippen LogP contribution in [0, 0.1) is 0 Å². The van der Waals surface area contributed by atoms with Crippen LogP contribution in [0.2, 0.25) is 0 Å². The molecule has 0 saturated carbocycles. The van der Waals surface area contributed by atoms with Crippen molar-refractivity contribution in [1.82, 2.24) is 0 Å². The van der Waals surface area contributed by atoms with Gasteiger partial charge in [0.2, 0.25) is 0 Å². The van der Waals surface area contributed by atoms with E-state index in [2.05, 4.69) is 0 Å². The number of thiophene rings is 1. The smallest absolute Gasteiger partial charge is 0.423 e. The van der Waals surface area contributed by atoms with Crippen LogP contribution in [0.1, 0.15) is 0 Å². The van der Waals surface area contributed by atoms with Crippen molar-refractivity contribution in [2.75, 3.05) is 6.26 Å². The van der Waals surface area contributed by atoms with E-state index in [1.54, 1.807) is 17.8 Å². The lowest BCUT2D eigenvalue weighted by molar-refractivity contribution is 0.427. The summed E-state index contributed by atoms with van der Waals surface area (Å²) < 4.78 is 0.601. The third-order valence-electron chi connectivity index (χ3n) is 1.09. The number of rotatable bonds is 2. The molecule has 0 aliphatic heterocycles. The van der Waals surface area contributed by atoms with Crippen molar-refractivity contribution < 1.29 is 10.0 Å². The molecule has 1 aromatic heterocycles. The second-order valence-corrected chi connectivity index (χ2v) is 3.59. The van der Waals surface area contributed by atoms with Crippen LogP contribution in [0.25, 0.3) is 0 Å². The molecule has 0 aromatic carbocycles. The summed E-state index contributed by atoms with van der Waals surface area (Å²) in [6.07, 6.45) is 1.95. The quantitative estimate of drug-likeness (QED) is 0.495. The molecule has 5 heteroatoms. The normalized spacial score (nSPS) is 9.90. The molecule has 0 aliphatic carbocycles. The van der Waals surface area contributed by atoms with Crippen LogP contribution in [-0.2, 0) is 0 Å². The predicted molar refractivity (Wildman–Crippen MR) is 45.9 cm³/mol. The lowest BCUT2D eigenvalue weighted by atomic mass is 9.90. The van der Waals surface area contributed by atoms with Gasteiger partial charge in [0.15, 0.2) is 0 Å². The lowest BCUT2D eigenvalue weighted by Gasteiger charge is -1.88. The minimum atomic E-state index is -1.31. The molecule has 1 aromatic rings. The maximum absolute atomic E-state index is 8.69. The molecular weight excluding hydrogens is 167 g/mol. The zero-order chi connectivity index (χ0) is 7.56. The van der Waals surface area contributed by atoms with Crippen molar-refractivity contribution in [2.24, 2.45) is 0 Å². The SMILES string of the molecule is CSc1csc(B(O)O)c1. The number of hydrogen-bond acceptors (Lipinski definition) is 4. The highest BCUT2D eigenvalue weighted by Crippen LogP contribution is 2.15. The molecule has 0 aliphatic rings. The molecule has 0 bridgehead atoms. The van der Waals surface area contributed by atoms with Gasteiger partial charge in [0.05, 0.1) is 0 Å². The van der Waals surface area contributed by atoms with Crippen molar-refractivity contribution in [3.05, 3.63) is 11.4 Å². The van der Waals surface area contributed by atoms with Crippen LogP contribution in [0.15, 0.2) is 16.3 Å².